The molecule has 0 spiro atoms. The Hall–Kier alpha value is -7.04. The molecular weight excluding hydrogens is 921 g/mol. The van der Waals surface area contributed by atoms with Gasteiger partial charge in [0.2, 0.25) is 11.5 Å². The number of nitrogens with zero attached hydrogens (tertiary/aromatic N) is 8. The summed E-state index contributed by atoms with van der Waals surface area (Å²) in [6, 6.07) is 7.22. The number of hydrogen-bond acceptors (Lipinski definition) is 25. The minimum atomic E-state index is -5.25. The number of aromatic hydroxyl groups is 4. The maximum atomic E-state index is 12.5. The van der Waals surface area contributed by atoms with Gasteiger partial charge in [0, 0.05) is 19.0 Å². The van der Waals surface area contributed by atoms with E-state index < -0.39 is 147 Å². The van der Waals surface area contributed by atoms with Crippen LogP contribution in [0.2, 0.25) is 0 Å². The van der Waals surface area contributed by atoms with Gasteiger partial charge in [0.15, 0.2) is 32.7 Å². The number of sulfone groups is 1. The maximum Gasteiger partial charge on any atom is 0.319 e. The number of non-ortho nitro benzene ring substituents is 1. The first-order chi connectivity index (χ1) is 29.0. The van der Waals surface area contributed by atoms with Crippen molar-refractivity contribution in [3.63, 3.8) is 0 Å². The molecule has 0 atom stereocenters. The number of fused-ring (bicyclic) bond motifs is 1. The van der Waals surface area contributed by atoms with Gasteiger partial charge >= 0.3 is 5.69 Å². The molecule has 0 bridgehead atoms. The van der Waals surface area contributed by atoms with Gasteiger partial charge in [0.25, 0.3) is 25.9 Å². The number of azo groups is 3. The second-order valence-corrected chi connectivity index (χ2v) is 16.8. The standard InChI is InChI=1S/C30H22N8O20S4/c39-5-6-60(48,49)15-1-2-17(24(12-15)62(53,54)55)31-36-27-23(56-57-58-59)8-13-7-16(61(50,51)52)11-19(25(13)30(27)43)33-32-18-3-4-22(40)26(29(18)42)35-34-20-9-14(37(44)45)10-21(28(20)41)38(46)47/h1-4,7-12,39-43,59H,5-6H2,(H,50,51,52)(H,53,54,55)/b33-32-,35-34+,36-31+. The van der Waals surface area contributed by atoms with Crippen LogP contribution in [-0.4, -0.2) is 82.1 Å². The molecule has 0 heterocycles. The van der Waals surface area contributed by atoms with Gasteiger partial charge in [0.1, 0.15) is 27.7 Å². The highest BCUT2D eigenvalue weighted by atomic mass is 32.2. The smallest absolute Gasteiger partial charge is 0.319 e. The Morgan fingerprint density at radius 3 is 1.89 bits per heavy atom. The molecule has 0 aliphatic heterocycles. The third-order valence-corrected chi connectivity index (χ3v) is 11.3. The molecule has 62 heavy (non-hydrogen) atoms. The lowest BCUT2D eigenvalue weighted by molar-refractivity contribution is -0.402. The van der Waals surface area contributed by atoms with Crippen molar-refractivity contribution in [1.82, 2.24) is 0 Å². The summed E-state index contributed by atoms with van der Waals surface area (Å²) < 4.78 is 97.8. The minimum absolute atomic E-state index is 0.365. The minimum Gasteiger partial charge on any atom is -0.505 e. The largest absolute Gasteiger partial charge is 0.505 e. The lowest BCUT2D eigenvalue weighted by Crippen LogP contribution is -2.11. The number of nitro benzene ring substituents is 2. The Balaban J connectivity index is 1.69. The Labute approximate surface area is 349 Å². The van der Waals surface area contributed by atoms with Crippen molar-refractivity contribution >= 4 is 99.3 Å². The molecule has 5 rings (SSSR count). The van der Waals surface area contributed by atoms with Crippen LogP contribution in [-0.2, 0) is 39.4 Å². The summed E-state index contributed by atoms with van der Waals surface area (Å²) in [6.45, 7) is -0.837. The molecule has 0 fully saturated rings. The Kier molecular flexibility index (Phi) is 13.3. The van der Waals surface area contributed by atoms with Crippen LogP contribution in [0.25, 0.3) is 10.8 Å². The summed E-state index contributed by atoms with van der Waals surface area (Å²) in [5, 5.41) is 100. The fraction of sp³-hybridized carbons (Fsp3) is 0.0667. The van der Waals surface area contributed by atoms with Crippen LogP contribution in [0, 0.1) is 20.2 Å². The Morgan fingerprint density at radius 2 is 1.27 bits per heavy atom. The molecule has 5 aromatic carbocycles. The van der Waals surface area contributed by atoms with Crippen LogP contribution in [0.15, 0.2) is 106 Å². The number of benzene rings is 5. The number of phenolic OH excluding ortho intramolecular Hbond substituents is 4. The first kappa shape index (κ1) is 46.0. The molecule has 0 unspecified atom stereocenters. The van der Waals surface area contributed by atoms with Crippen LogP contribution in [0.4, 0.5) is 45.5 Å². The molecule has 0 aliphatic carbocycles. The Bertz CT molecular complexity index is 3110. The average Bonchev–Trinajstić information content (AvgIpc) is 3.18. The van der Waals surface area contributed by atoms with E-state index in [9.17, 15) is 75.0 Å². The second-order valence-electron chi connectivity index (χ2n) is 11.7. The van der Waals surface area contributed by atoms with Crippen LogP contribution in [0.3, 0.4) is 0 Å². The fourth-order valence-electron chi connectivity index (χ4n) is 5.06. The third-order valence-electron chi connectivity index (χ3n) is 7.83. The van der Waals surface area contributed by atoms with E-state index in [4.69, 9.17) is 9.99 Å². The summed E-state index contributed by atoms with van der Waals surface area (Å²) in [7, 11) is -14.6. The molecule has 5 aromatic rings. The summed E-state index contributed by atoms with van der Waals surface area (Å²) in [5.41, 5.74) is -6.55. The van der Waals surface area contributed by atoms with Gasteiger partial charge in [-0.25, -0.2) is 8.42 Å². The predicted octanol–water partition coefficient (Wildman–Crippen LogP) is 6.07. The van der Waals surface area contributed by atoms with E-state index in [1.165, 1.54) is 0 Å². The van der Waals surface area contributed by atoms with Crippen molar-refractivity contribution in [2.45, 2.75) is 14.7 Å². The molecule has 7 N–H and O–H groups in total. The summed E-state index contributed by atoms with van der Waals surface area (Å²) in [4.78, 5) is 22.6. The highest BCUT2D eigenvalue weighted by Gasteiger charge is 2.27. The van der Waals surface area contributed by atoms with E-state index in [1.54, 1.807) is 0 Å². The number of aliphatic hydroxyl groups excluding tert-OH is 1. The fourth-order valence-corrected chi connectivity index (χ4v) is 7.40. The molecule has 0 amide bonds. The van der Waals surface area contributed by atoms with Gasteiger partial charge < -0.3 is 30.4 Å². The van der Waals surface area contributed by atoms with Crippen molar-refractivity contribution in [2.75, 3.05) is 12.4 Å². The zero-order valence-electron chi connectivity index (χ0n) is 29.9. The van der Waals surface area contributed by atoms with Gasteiger partial charge in [-0.1, -0.05) is 0 Å². The van der Waals surface area contributed by atoms with Crippen LogP contribution in [0.5, 0.6) is 28.7 Å². The molecule has 28 nitrogen and oxygen atoms in total. The van der Waals surface area contributed by atoms with Gasteiger partial charge in [-0.2, -0.15) is 16.8 Å². The molecule has 326 valence electrons. The van der Waals surface area contributed by atoms with Gasteiger partial charge in [-0.3, -0.25) is 29.3 Å². The highest BCUT2D eigenvalue weighted by molar-refractivity contribution is 7.91. The van der Waals surface area contributed by atoms with Gasteiger partial charge in [-0.15, -0.1) is 35.0 Å². The van der Waals surface area contributed by atoms with E-state index in [-0.39, 0.29) is 5.39 Å². The van der Waals surface area contributed by atoms with Crippen LogP contribution < -0.4 is 4.89 Å². The summed E-state index contributed by atoms with van der Waals surface area (Å²) >= 11 is 3.33. The maximum absolute atomic E-state index is 12.5. The highest BCUT2D eigenvalue weighted by Crippen LogP contribution is 2.50. The van der Waals surface area contributed by atoms with Crippen molar-refractivity contribution < 1.29 is 84.0 Å². The van der Waals surface area contributed by atoms with Crippen molar-refractivity contribution in [3.8, 4) is 28.7 Å². The lowest BCUT2D eigenvalue weighted by Gasteiger charge is -2.12. The average molecular weight is 943 g/mol. The van der Waals surface area contributed by atoms with Crippen LogP contribution >= 0.6 is 12.9 Å². The van der Waals surface area contributed by atoms with Crippen LogP contribution in [0.1, 0.15) is 0 Å². The molecule has 0 aliphatic rings. The second kappa shape index (κ2) is 17.9. The zero-order chi connectivity index (χ0) is 45.9. The zero-order valence-corrected chi connectivity index (χ0v) is 33.2. The van der Waals surface area contributed by atoms with E-state index in [0.717, 1.165) is 36.4 Å². The SMILES string of the molecule is O=[N+]([O-])c1cc(/N=N/c2c(O)ccc(/N=N\c3cc(S(=O)(=O)O)cc4cc(OOOS)c(/N=N/c5ccc(S(=O)(=O)CCO)cc5S(=O)(=O)O)c(O)c34)c2O)c(O)c([N+](=O)[O-])c1. The number of hydrogen-bond donors (Lipinski definition) is 8. The van der Waals surface area contributed by atoms with E-state index >= 15 is 0 Å². The molecule has 0 saturated carbocycles. The topological polar surface area (TPSA) is 432 Å². The summed E-state index contributed by atoms with van der Waals surface area (Å²) in [5.74, 6) is -5.65. The normalized spacial score (nSPS) is 12.5. The molecule has 0 saturated heterocycles. The number of nitro groups is 2. The lowest BCUT2D eigenvalue weighted by atomic mass is 10.1. The number of phenols is 4. The molecular formula is C30H22N8O20S4. The number of thiol groups is 1. The van der Waals surface area contributed by atoms with E-state index in [0.29, 0.717) is 24.3 Å². The van der Waals surface area contributed by atoms with Crippen molar-refractivity contribution in [3.05, 3.63) is 80.9 Å². The predicted molar refractivity (Wildman–Crippen MR) is 206 cm³/mol. The monoisotopic (exact) mass is 942 g/mol. The quantitative estimate of drug-likeness (QED) is 0.0106. The van der Waals surface area contributed by atoms with E-state index in [2.05, 4.69) is 53.0 Å². The first-order valence-electron chi connectivity index (χ1n) is 15.9. The molecule has 0 aromatic heterocycles. The van der Waals surface area contributed by atoms with Crippen molar-refractivity contribution in [1.29, 1.82) is 0 Å². The van der Waals surface area contributed by atoms with Gasteiger partial charge in [-0.05, 0) is 59.0 Å². The first-order valence-corrected chi connectivity index (χ1v) is 20.7. The van der Waals surface area contributed by atoms with E-state index in [1.807, 2.05) is 0 Å². The van der Waals surface area contributed by atoms with Gasteiger partial charge in [0.05, 0.1) is 49.1 Å². The number of rotatable bonds is 16. The molecule has 32 heteroatoms. The molecule has 0 radical (unpaired) electrons. The Morgan fingerprint density at radius 1 is 0.645 bits per heavy atom. The van der Waals surface area contributed by atoms with Crippen molar-refractivity contribution in [2.24, 2.45) is 30.7 Å². The summed E-state index contributed by atoms with van der Waals surface area (Å²) in [6.07, 6.45) is 0. The number of aliphatic hydroxyl groups is 1. The third kappa shape index (κ3) is 9.94.